The van der Waals surface area contributed by atoms with Crippen LogP contribution in [-0.4, -0.2) is 41.7 Å². The van der Waals surface area contributed by atoms with E-state index in [4.69, 9.17) is 14.5 Å². The number of carbonyl (C=O) groups is 2. The summed E-state index contributed by atoms with van der Waals surface area (Å²) in [5.41, 5.74) is 0.553. The van der Waals surface area contributed by atoms with Crippen LogP contribution in [0.1, 0.15) is 23.0 Å². The zero-order valence-corrected chi connectivity index (χ0v) is 14.6. The van der Waals surface area contributed by atoms with E-state index in [1.807, 2.05) is 17.5 Å². The van der Waals surface area contributed by atoms with Gasteiger partial charge in [0.15, 0.2) is 0 Å². The molecule has 1 amide bonds. The van der Waals surface area contributed by atoms with Gasteiger partial charge in [-0.1, -0.05) is 24.3 Å². The predicted octanol–water partition coefficient (Wildman–Crippen LogP) is 1.42. The van der Waals surface area contributed by atoms with Crippen molar-refractivity contribution in [2.75, 3.05) is 6.61 Å². The molecule has 2 heterocycles. The lowest BCUT2D eigenvalue weighted by Crippen LogP contribution is -2.53. The van der Waals surface area contributed by atoms with Gasteiger partial charge >= 0.3 is 13.1 Å². The highest BCUT2D eigenvalue weighted by Crippen LogP contribution is 2.32. The van der Waals surface area contributed by atoms with E-state index in [-0.39, 0.29) is 25.4 Å². The van der Waals surface area contributed by atoms with Gasteiger partial charge in [-0.05, 0) is 17.5 Å². The lowest BCUT2D eigenvalue weighted by Gasteiger charge is -2.29. The fourth-order valence-corrected chi connectivity index (χ4v) is 3.44. The van der Waals surface area contributed by atoms with Crippen molar-refractivity contribution in [1.29, 1.82) is 0 Å². The predicted molar refractivity (Wildman–Crippen MR) is 95.9 cm³/mol. The molecule has 0 aliphatic carbocycles. The molecule has 3 N–H and O–H groups in total. The Morgan fingerprint density at radius 2 is 2.08 bits per heavy atom. The third kappa shape index (κ3) is 4.63. The van der Waals surface area contributed by atoms with Crippen molar-refractivity contribution < 1.29 is 29.1 Å². The number of aliphatic carboxylic acids is 1. The van der Waals surface area contributed by atoms with Gasteiger partial charge in [0.25, 0.3) is 0 Å². The summed E-state index contributed by atoms with van der Waals surface area (Å²) >= 11 is 1.47. The Kier molecular flexibility index (Phi) is 5.92. The molecule has 0 radical (unpaired) electrons. The molecule has 0 spiro atoms. The number of thiophene rings is 1. The Bertz CT molecular complexity index is 768. The lowest BCUT2D eigenvalue weighted by atomic mass is 9.77. The van der Waals surface area contributed by atoms with Crippen LogP contribution in [0.5, 0.6) is 5.75 Å². The molecule has 26 heavy (non-hydrogen) atoms. The monoisotopic (exact) mass is 375 g/mol. The van der Waals surface area contributed by atoms with Gasteiger partial charge in [-0.25, -0.2) is 0 Å². The molecule has 3 rings (SSSR count). The SMILES string of the molecule is O=C(O)CC1OB(O)[C@@H](NC(=O)Cc2cccs2)COc2ccccc21. The van der Waals surface area contributed by atoms with E-state index in [1.54, 1.807) is 24.3 Å². The van der Waals surface area contributed by atoms with Crippen molar-refractivity contribution in [2.24, 2.45) is 0 Å². The largest absolute Gasteiger partial charge is 0.492 e. The van der Waals surface area contributed by atoms with E-state index in [0.29, 0.717) is 11.3 Å². The van der Waals surface area contributed by atoms with Gasteiger partial charge in [0.2, 0.25) is 5.91 Å². The van der Waals surface area contributed by atoms with Crippen molar-refractivity contribution in [2.45, 2.75) is 24.9 Å². The maximum atomic E-state index is 12.2. The van der Waals surface area contributed by atoms with Gasteiger partial charge in [0, 0.05) is 10.4 Å². The first-order valence-corrected chi connectivity index (χ1v) is 8.99. The third-order valence-electron chi connectivity index (χ3n) is 3.95. The number of benzene rings is 1. The molecule has 2 aromatic rings. The number of carboxylic acid groups (broad SMARTS) is 1. The summed E-state index contributed by atoms with van der Waals surface area (Å²) in [4.78, 5) is 24.3. The Morgan fingerprint density at radius 1 is 1.27 bits per heavy atom. The maximum Gasteiger partial charge on any atom is 0.482 e. The van der Waals surface area contributed by atoms with Crippen LogP contribution in [0.3, 0.4) is 0 Å². The van der Waals surface area contributed by atoms with Crippen molar-refractivity contribution in [1.82, 2.24) is 5.32 Å². The molecular formula is C17H18BNO6S. The molecule has 9 heteroatoms. The first-order chi connectivity index (χ1) is 12.5. The molecule has 1 aliphatic rings. The highest BCUT2D eigenvalue weighted by Gasteiger charge is 2.36. The van der Waals surface area contributed by atoms with Crippen molar-refractivity contribution in [3.63, 3.8) is 0 Å². The fourth-order valence-electron chi connectivity index (χ4n) is 2.74. The zero-order chi connectivity index (χ0) is 18.5. The molecule has 0 bridgehead atoms. The summed E-state index contributed by atoms with van der Waals surface area (Å²) < 4.78 is 11.3. The van der Waals surface area contributed by atoms with Gasteiger partial charge in [-0.3, -0.25) is 9.59 Å². The third-order valence-corrected chi connectivity index (χ3v) is 4.83. The number of hydrogen-bond donors (Lipinski definition) is 3. The molecule has 2 atom stereocenters. The number of ether oxygens (including phenoxy) is 1. The minimum absolute atomic E-state index is 0.00809. The van der Waals surface area contributed by atoms with Gasteiger partial charge in [0.1, 0.15) is 12.4 Å². The summed E-state index contributed by atoms with van der Waals surface area (Å²) in [6.45, 7) is 0.00809. The normalized spacial score (nSPS) is 19.7. The maximum absolute atomic E-state index is 12.2. The van der Waals surface area contributed by atoms with Crippen LogP contribution in [0.2, 0.25) is 0 Å². The van der Waals surface area contributed by atoms with E-state index < -0.39 is 25.1 Å². The number of hydrogen-bond acceptors (Lipinski definition) is 6. The van der Waals surface area contributed by atoms with Crippen LogP contribution in [0.4, 0.5) is 0 Å². The molecule has 1 aromatic heterocycles. The van der Waals surface area contributed by atoms with Gasteiger partial charge in [-0.2, -0.15) is 0 Å². The molecule has 136 valence electrons. The quantitative estimate of drug-likeness (QED) is 0.683. The van der Waals surface area contributed by atoms with Crippen molar-refractivity contribution in [3.8, 4) is 5.75 Å². The number of para-hydroxylation sites is 1. The van der Waals surface area contributed by atoms with E-state index in [9.17, 15) is 14.6 Å². The Balaban J connectivity index is 1.73. The van der Waals surface area contributed by atoms with Gasteiger partial charge in [-0.15, -0.1) is 11.3 Å². The highest BCUT2D eigenvalue weighted by molar-refractivity contribution is 7.10. The first kappa shape index (κ1) is 18.4. The number of amides is 1. The molecule has 1 aliphatic heterocycles. The number of rotatable bonds is 5. The molecule has 0 saturated carbocycles. The minimum atomic E-state index is -1.39. The number of fused-ring (bicyclic) bond motifs is 1. The Labute approximate surface area is 154 Å². The topological polar surface area (TPSA) is 105 Å². The summed E-state index contributed by atoms with van der Waals surface area (Å²) in [5, 5.41) is 24.1. The summed E-state index contributed by atoms with van der Waals surface area (Å²) in [5.74, 6) is -1.67. The van der Waals surface area contributed by atoms with Crippen molar-refractivity contribution in [3.05, 3.63) is 52.2 Å². The minimum Gasteiger partial charge on any atom is -0.492 e. The van der Waals surface area contributed by atoms with E-state index in [0.717, 1.165) is 4.88 Å². The smallest absolute Gasteiger partial charge is 0.482 e. The van der Waals surface area contributed by atoms with Gasteiger partial charge in [0.05, 0.1) is 24.9 Å². The molecule has 1 aromatic carbocycles. The second-order valence-electron chi connectivity index (χ2n) is 5.89. The van der Waals surface area contributed by atoms with E-state index in [1.165, 1.54) is 11.3 Å². The second kappa shape index (κ2) is 8.35. The van der Waals surface area contributed by atoms with Gasteiger partial charge < -0.3 is 24.8 Å². The number of carboxylic acids is 1. The first-order valence-electron chi connectivity index (χ1n) is 8.11. The Morgan fingerprint density at radius 3 is 2.81 bits per heavy atom. The highest BCUT2D eigenvalue weighted by atomic mass is 32.1. The molecule has 0 fully saturated rings. The summed E-state index contributed by atoms with van der Waals surface area (Å²) in [6, 6.07) is 10.6. The van der Waals surface area contributed by atoms with Crippen LogP contribution in [0.15, 0.2) is 41.8 Å². The lowest BCUT2D eigenvalue weighted by molar-refractivity contribution is -0.139. The second-order valence-corrected chi connectivity index (χ2v) is 6.92. The molecule has 1 unspecified atom stereocenters. The molecular weight excluding hydrogens is 357 g/mol. The zero-order valence-electron chi connectivity index (χ0n) is 13.8. The average Bonchev–Trinajstić information content (AvgIpc) is 3.09. The summed E-state index contributed by atoms with van der Waals surface area (Å²) in [6.07, 6.45) is -1.01. The molecule has 7 nitrogen and oxygen atoms in total. The van der Waals surface area contributed by atoms with Crippen LogP contribution in [-0.2, 0) is 20.7 Å². The Hall–Kier alpha value is -2.36. The van der Waals surface area contributed by atoms with Crippen LogP contribution < -0.4 is 10.1 Å². The van der Waals surface area contributed by atoms with E-state index in [2.05, 4.69) is 5.32 Å². The average molecular weight is 375 g/mol. The standard InChI is InChI=1S/C17H18BNO6S/c20-16(8-11-4-3-7-26-11)19-15-10-24-13-6-2-1-5-12(13)14(9-17(21)22)25-18(15)23/h1-7,14-15,23H,8-10H2,(H,19,20)(H,21,22)/t14?,15-/m0/s1. The number of carbonyl (C=O) groups excluding carboxylic acids is 1. The van der Waals surface area contributed by atoms with Crippen LogP contribution in [0.25, 0.3) is 0 Å². The molecule has 0 saturated heterocycles. The van der Waals surface area contributed by atoms with E-state index >= 15 is 0 Å². The fraction of sp³-hybridized carbons (Fsp3) is 0.294. The number of nitrogens with one attached hydrogen (secondary N) is 1. The van der Waals surface area contributed by atoms with Crippen molar-refractivity contribution >= 4 is 30.3 Å². The van der Waals surface area contributed by atoms with Crippen LogP contribution in [0, 0.1) is 0 Å². The summed E-state index contributed by atoms with van der Waals surface area (Å²) in [7, 11) is -1.39. The van der Waals surface area contributed by atoms with Crippen LogP contribution >= 0.6 is 11.3 Å².